The third-order valence-corrected chi connectivity index (χ3v) is 2.46. The zero-order chi connectivity index (χ0) is 13.0. The van der Waals surface area contributed by atoms with Gasteiger partial charge >= 0.3 is 0 Å². The van der Waals surface area contributed by atoms with E-state index in [4.69, 9.17) is 10.5 Å². The molecule has 0 amide bonds. The number of rotatable bonds is 2. The molecule has 0 aliphatic carbocycles. The Labute approximate surface area is 104 Å². The summed E-state index contributed by atoms with van der Waals surface area (Å²) in [6.07, 6.45) is 1.46. The van der Waals surface area contributed by atoms with E-state index in [1.165, 1.54) is 6.20 Å². The maximum Gasteiger partial charge on any atom is 0.171 e. The summed E-state index contributed by atoms with van der Waals surface area (Å²) in [6.45, 7) is 1.91. The summed E-state index contributed by atoms with van der Waals surface area (Å²) in [5, 5.41) is 28.4. The number of aromatic nitrogens is 2. The van der Waals surface area contributed by atoms with Crippen LogP contribution in [0.25, 0.3) is 0 Å². The second kappa shape index (κ2) is 4.94. The number of nitrogens with zero attached hydrogens (tertiary/aromatic N) is 4. The molecule has 2 aromatic rings. The van der Waals surface area contributed by atoms with Crippen molar-refractivity contribution in [3.05, 3.63) is 47.2 Å². The van der Waals surface area contributed by atoms with Crippen molar-refractivity contribution in [1.29, 1.82) is 10.5 Å². The SMILES string of the molecule is Cc1ccc(C#N)cc1Nc1nnccc1C#N. The highest BCUT2D eigenvalue weighted by atomic mass is 15.2. The van der Waals surface area contributed by atoms with E-state index < -0.39 is 0 Å². The number of hydrogen-bond donors (Lipinski definition) is 1. The monoisotopic (exact) mass is 235 g/mol. The van der Waals surface area contributed by atoms with E-state index in [2.05, 4.69) is 21.6 Å². The minimum Gasteiger partial charge on any atom is -0.337 e. The fourth-order valence-electron chi connectivity index (χ4n) is 1.47. The molecule has 0 radical (unpaired) electrons. The summed E-state index contributed by atoms with van der Waals surface area (Å²) in [7, 11) is 0. The van der Waals surface area contributed by atoms with Gasteiger partial charge in [0.25, 0.3) is 0 Å². The molecule has 0 saturated carbocycles. The van der Waals surface area contributed by atoms with Crippen molar-refractivity contribution in [2.24, 2.45) is 0 Å². The Morgan fingerprint density at radius 3 is 2.72 bits per heavy atom. The lowest BCUT2D eigenvalue weighted by molar-refractivity contribution is 1.03. The van der Waals surface area contributed by atoms with Crippen molar-refractivity contribution in [3.63, 3.8) is 0 Å². The Morgan fingerprint density at radius 1 is 1.17 bits per heavy atom. The molecule has 2 rings (SSSR count). The molecular weight excluding hydrogens is 226 g/mol. The Hall–Kier alpha value is -2.92. The molecular formula is C13H9N5. The number of hydrogen-bond acceptors (Lipinski definition) is 5. The molecule has 0 unspecified atom stereocenters. The van der Waals surface area contributed by atoms with Crippen molar-refractivity contribution in [3.8, 4) is 12.1 Å². The summed E-state index contributed by atoms with van der Waals surface area (Å²) < 4.78 is 0. The third kappa shape index (κ3) is 2.26. The van der Waals surface area contributed by atoms with Crippen LogP contribution in [-0.4, -0.2) is 10.2 Å². The predicted octanol–water partition coefficient (Wildman–Crippen LogP) is 2.27. The Bertz CT molecular complexity index is 664. The van der Waals surface area contributed by atoms with E-state index in [0.29, 0.717) is 16.9 Å². The summed E-state index contributed by atoms with van der Waals surface area (Å²) in [4.78, 5) is 0. The normalized spacial score (nSPS) is 9.28. The Kier molecular flexibility index (Phi) is 3.17. The van der Waals surface area contributed by atoms with Gasteiger partial charge in [0.1, 0.15) is 6.07 Å². The van der Waals surface area contributed by atoms with E-state index in [9.17, 15) is 0 Å². The molecule has 0 fully saturated rings. The van der Waals surface area contributed by atoms with Gasteiger partial charge in [0.15, 0.2) is 5.82 Å². The molecule has 1 N–H and O–H groups in total. The summed E-state index contributed by atoms with van der Waals surface area (Å²) in [5.41, 5.74) is 2.66. The van der Waals surface area contributed by atoms with E-state index in [1.807, 2.05) is 19.1 Å². The van der Waals surface area contributed by atoms with Gasteiger partial charge in [-0.1, -0.05) is 6.07 Å². The summed E-state index contributed by atoms with van der Waals surface area (Å²) in [6, 6.07) is 11.0. The van der Waals surface area contributed by atoms with Crippen LogP contribution in [0.3, 0.4) is 0 Å². The molecule has 0 aliphatic rings. The average Bonchev–Trinajstić information content (AvgIpc) is 2.42. The number of benzene rings is 1. The highest BCUT2D eigenvalue weighted by Gasteiger charge is 2.06. The lowest BCUT2D eigenvalue weighted by Crippen LogP contribution is -2.00. The van der Waals surface area contributed by atoms with E-state index in [0.717, 1.165) is 11.3 Å². The summed E-state index contributed by atoms with van der Waals surface area (Å²) in [5.74, 6) is 0.387. The first-order chi connectivity index (χ1) is 8.74. The van der Waals surface area contributed by atoms with Gasteiger partial charge < -0.3 is 5.32 Å². The molecule has 18 heavy (non-hydrogen) atoms. The second-order valence-electron chi connectivity index (χ2n) is 3.67. The minimum atomic E-state index is 0.387. The number of aryl methyl sites for hydroxylation is 1. The molecule has 0 saturated heterocycles. The molecule has 0 bridgehead atoms. The molecule has 0 spiro atoms. The molecule has 0 aliphatic heterocycles. The van der Waals surface area contributed by atoms with Crippen LogP contribution in [0.2, 0.25) is 0 Å². The molecule has 1 heterocycles. The fourth-order valence-corrected chi connectivity index (χ4v) is 1.47. The lowest BCUT2D eigenvalue weighted by atomic mass is 10.1. The van der Waals surface area contributed by atoms with Gasteiger partial charge in [-0.05, 0) is 30.7 Å². The number of nitriles is 2. The summed E-state index contributed by atoms with van der Waals surface area (Å²) >= 11 is 0. The van der Waals surface area contributed by atoms with Gasteiger partial charge in [0.2, 0.25) is 0 Å². The average molecular weight is 235 g/mol. The van der Waals surface area contributed by atoms with Crippen LogP contribution >= 0.6 is 0 Å². The third-order valence-electron chi connectivity index (χ3n) is 2.46. The molecule has 1 aromatic heterocycles. The largest absolute Gasteiger partial charge is 0.337 e. The van der Waals surface area contributed by atoms with Crippen molar-refractivity contribution in [1.82, 2.24) is 10.2 Å². The Morgan fingerprint density at radius 2 is 2.00 bits per heavy atom. The number of nitrogens with one attached hydrogen (secondary N) is 1. The van der Waals surface area contributed by atoms with Crippen molar-refractivity contribution in [2.45, 2.75) is 6.92 Å². The van der Waals surface area contributed by atoms with Crippen molar-refractivity contribution < 1.29 is 0 Å². The maximum absolute atomic E-state index is 8.96. The van der Waals surface area contributed by atoms with Crippen LogP contribution < -0.4 is 5.32 Å². The van der Waals surface area contributed by atoms with E-state index in [-0.39, 0.29) is 0 Å². The highest BCUT2D eigenvalue weighted by Crippen LogP contribution is 2.21. The lowest BCUT2D eigenvalue weighted by Gasteiger charge is -2.09. The van der Waals surface area contributed by atoms with E-state index in [1.54, 1.807) is 18.2 Å². The minimum absolute atomic E-state index is 0.387. The van der Waals surface area contributed by atoms with Crippen LogP contribution in [0.5, 0.6) is 0 Å². The van der Waals surface area contributed by atoms with Gasteiger partial charge in [-0.25, -0.2) is 0 Å². The molecule has 86 valence electrons. The molecule has 5 heteroatoms. The van der Waals surface area contributed by atoms with Crippen LogP contribution in [0, 0.1) is 29.6 Å². The van der Waals surface area contributed by atoms with E-state index >= 15 is 0 Å². The number of anilines is 2. The zero-order valence-electron chi connectivity index (χ0n) is 9.68. The van der Waals surface area contributed by atoms with Crippen LogP contribution in [0.4, 0.5) is 11.5 Å². The molecule has 0 atom stereocenters. The molecule has 5 nitrogen and oxygen atoms in total. The van der Waals surface area contributed by atoms with Gasteiger partial charge in [0.05, 0.1) is 23.4 Å². The maximum atomic E-state index is 8.96. The first-order valence-electron chi connectivity index (χ1n) is 5.24. The van der Waals surface area contributed by atoms with Gasteiger partial charge in [-0.15, -0.1) is 5.10 Å². The highest BCUT2D eigenvalue weighted by molar-refractivity contribution is 5.66. The quantitative estimate of drug-likeness (QED) is 0.862. The van der Waals surface area contributed by atoms with Crippen molar-refractivity contribution >= 4 is 11.5 Å². The standard InChI is InChI=1S/C13H9N5/c1-9-2-3-10(7-14)6-12(9)17-13-11(8-15)4-5-16-18-13/h2-6H,1H3,(H,17,18). The topological polar surface area (TPSA) is 85.4 Å². The smallest absolute Gasteiger partial charge is 0.171 e. The Balaban J connectivity index is 2.41. The second-order valence-corrected chi connectivity index (χ2v) is 3.67. The van der Waals surface area contributed by atoms with Crippen LogP contribution in [-0.2, 0) is 0 Å². The van der Waals surface area contributed by atoms with Gasteiger partial charge in [-0.3, -0.25) is 0 Å². The fraction of sp³-hybridized carbons (Fsp3) is 0.0769. The predicted molar refractivity (Wildman–Crippen MR) is 65.9 cm³/mol. The first kappa shape index (κ1) is 11.6. The van der Waals surface area contributed by atoms with Crippen molar-refractivity contribution in [2.75, 3.05) is 5.32 Å². The molecule has 1 aromatic carbocycles. The van der Waals surface area contributed by atoms with Gasteiger partial charge in [0, 0.05) is 5.69 Å². The zero-order valence-corrected chi connectivity index (χ0v) is 9.68. The van der Waals surface area contributed by atoms with Crippen LogP contribution in [0.1, 0.15) is 16.7 Å². The van der Waals surface area contributed by atoms with Gasteiger partial charge in [-0.2, -0.15) is 15.6 Å². The first-order valence-corrected chi connectivity index (χ1v) is 5.24. The van der Waals surface area contributed by atoms with Crippen LogP contribution in [0.15, 0.2) is 30.5 Å².